The first-order valence-corrected chi connectivity index (χ1v) is 10.8. The first-order valence-electron chi connectivity index (χ1n) is 9.83. The number of carbonyl (C=O) groups excluding carboxylic acids is 1. The molecule has 2 saturated heterocycles. The van der Waals surface area contributed by atoms with Crippen molar-refractivity contribution in [1.82, 2.24) is 5.32 Å². The van der Waals surface area contributed by atoms with Gasteiger partial charge in [-0.1, -0.05) is 60.3 Å². The molecule has 0 atom stereocenters. The van der Waals surface area contributed by atoms with E-state index >= 15 is 0 Å². The highest BCUT2D eigenvalue weighted by Crippen LogP contribution is 2.36. The summed E-state index contributed by atoms with van der Waals surface area (Å²) in [4.78, 5) is 11.1. The van der Waals surface area contributed by atoms with Crippen LogP contribution in [0.5, 0.6) is 0 Å². The minimum Gasteiger partial charge on any atom is -0.399 e. The van der Waals surface area contributed by atoms with Crippen LogP contribution in [0, 0.1) is 0 Å². The Bertz CT molecular complexity index is 1000. The molecule has 0 aromatic heterocycles. The maximum Gasteiger partial charge on any atom is 0.494 e. The van der Waals surface area contributed by atoms with E-state index in [0.717, 1.165) is 22.2 Å². The fourth-order valence-electron chi connectivity index (χ4n) is 3.13. The number of amides is 1. The summed E-state index contributed by atoms with van der Waals surface area (Å²) in [7, 11) is -0.380. The number of benzene rings is 2. The smallest absolute Gasteiger partial charge is 0.399 e. The first-order chi connectivity index (χ1) is 14.2. The van der Waals surface area contributed by atoms with Gasteiger partial charge in [0, 0.05) is 0 Å². The number of nitrogens with one attached hydrogen (secondary N) is 1. The highest BCUT2D eigenvalue weighted by atomic mass is 32.2. The van der Waals surface area contributed by atoms with Crippen LogP contribution in [0.2, 0.25) is 0 Å². The summed E-state index contributed by atoms with van der Waals surface area (Å²) < 4.78 is 12.3. The molecule has 2 heterocycles. The van der Waals surface area contributed by atoms with Gasteiger partial charge < -0.3 is 14.6 Å². The lowest BCUT2D eigenvalue weighted by Gasteiger charge is -2.32. The van der Waals surface area contributed by atoms with Crippen LogP contribution in [-0.4, -0.2) is 41.4 Å². The van der Waals surface area contributed by atoms with E-state index in [2.05, 4.69) is 55.3 Å². The Kier molecular flexibility index (Phi) is 5.57. The fourth-order valence-corrected chi connectivity index (χ4v) is 3.76. The van der Waals surface area contributed by atoms with Gasteiger partial charge in [-0.15, -0.1) is 5.10 Å². The van der Waals surface area contributed by atoms with E-state index in [4.69, 9.17) is 9.31 Å². The molecule has 2 aliphatic heterocycles. The highest BCUT2D eigenvalue weighted by molar-refractivity contribution is 8.15. The maximum absolute atomic E-state index is 11.1. The van der Waals surface area contributed by atoms with Crippen molar-refractivity contribution in [2.24, 2.45) is 10.2 Å². The van der Waals surface area contributed by atoms with Gasteiger partial charge in [0.15, 0.2) is 5.17 Å². The molecular weight excluding hydrogens is 397 g/mol. The quantitative estimate of drug-likeness (QED) is 0.468. The van der Waals surface area contributed by atoms with Crippen LogP contribution in [-0.2, 0) is 14.1 Å². The molecule has 2 aromatic carbocycles. The third-order valence-corrected chi connectivity index (χ3v) is 6.46. The summed E-state index contributed by atoms with van der Waals surface area (Å²) in [6.45, 7) is 8.23. The monoisotopic (exact) mass is 421 g/mol. The van der Waals surface area contributed by atoms with E-state index in [1.54, 1.807) is 6.21 Å². The van der Waals surface area contributed by atoms with E-state index in [0.29, 0.717) is 10.9 Å². The Morgan fingerprint density at radius 3 is 2.37 bits per heavy atom. The van der Waals surface area contributed by atoms with Crippen LogP contribution in [0.15, 0.2) is 58.7 Å². The molecule has 4 rings (SSSR count). The van der Waals surface area contributed by atoms with E-state index in [1.165, 1.54) is 11.8 Å². The van der Waals surface area contributed by atoms with Gasteiger partial charge in [-0.2, -0.15) is 5.10 Å². The summed E-state index contributed by atoms with van der Waals surface area (Å²) in [5.41, 5.74) is 3.39. The molecule has 6 nitrogen and oxygen atoms in total. The third kappa shape index (κ3) is 4.36. The van der Waals surface area contributed by atoms with Crippen LogP contribution >= 0.6 is 11.8 Å². The molecule has 2 aromatic rings. The highest BCUT2D eigenvalue weighted by Gasteiger charge is 2.51. The molecule has 0 bridgehead atoms. The van der Waals surface area contributed by atoms with Crippen molar-refractivity contribution in [3.8, 4) is 11.1 Å². The molecule has 0 unspecified atom stereocenters. The minimum atomic E-state index is -0.380. The number of nitrogens with zero attached hydrogens (tertiary/aromatic N) is 2. The van der Waals surface area contributed by atoms with Crippen LogP contribution in [0.25, 0.3) is 11.1 Å². The normalized spacial score (nSPS) is 21.5. The minimum absolute atomic E-state index is 0.0407. The van der Waals surface area contributed by atoms with Crippen molar-refractivity contribution in [2.45, 2.75) is 38.9 Å². The molecule has 1 amide bonds. The molecule has 0 saturated carbocycles. The van der Waals surface area contributed by atoms with Crippen LogP contribution in [0.4, 0.5) is 0 Å². The molecule has 8 heteroatoms. The predicted molar refractivity (Wildman–Crippen MR) is 123 cm³/mol. The Hall–Kier alpha value is -2.42. The zero-order valence-corrected chi connectivity index (χ0v) is 18.3. The number of carbonyl (C=O) groups is 1. The Balaban J connectivity index is 1.47. The van der Waals surface area contributed by atoms with E-state index in [1.807, 2.05) is 36.4 Å². The lowest BCUT2D eigenvalue weighted by molar-refractivity contribution is -0.116. The lowest BCUT2D eigenvalue weighted by atomic mass is 9.78. The van der Waals surface area contributed by atoms with Crippen LogP contribution in [0.3, 0.4) is 0 Å². The van der Waals surface area contributed by atoms with Gasteiger partial charge in [0.2, 0.25) is 5.91 Å². The molecule has 2 fully saturated rings. The van der Waals surface area contributed by atoms with Crippen LogP contribution in [0.1, 0.15) is 33.3 Å². The van der Waals surface area contributed by atoms with Crippen molar-refractivity contribution in [3.05, 3.63) is 54.1 Å². The number of rotatable bonds is 4. The van der Waals surface area contributed by atoms with E-state index in [-0.39, 0.29) is 24.2 Å². The average molecular weight is 421 g/mol. The second-order valence-electron chi connectivity index (χ2n) is 8.32. The van der Waals surface area contributed by atoms with Gasteiger partial charge in [0.25, 0.3) is 0 Å². The summed E-state index contributed by atoms with van der Waals surface area (Å²) in [5, 5.41) is 11.2. The lowest BCUT2D eigenvalue weighted by Crippen LogP contribution is -2.41. The zero-order chi connectivity index (χ0) is 21.4. The van der Waals surface area contributed by atoms with Gasteiger partial charge in [-0.25, -0.2) is 0 Å². The van der Waals surface area contributed by atoms with Crippen molar-refractivity contribution in [3.63, 3.8) is 0 Å². The molecule has 30 heavy (non-hydrogen) atoms. The standard InChI is InChI=1S/C22H24BN3O3S/c1-21(2)22(3,4)29-23(28-21)18-7-5-6-17(12-18)16-10-8-15(9-11-16)13-24-26-20-25-19(27)14-30-20/h5-13H,14H2,1-4H3,(H,25,26,27). The topological polar surface area (TPSA) is 72.3 Å². The van der Waals surface area contributed by atoms with E-state index in [9.17, 15) is 4.79 Å². The van der Waals surface area contributed by atoms with Gasteiger partial charge >= 0.3 is 7.12 Å². The van der Waals surface area contributed by atoms with Crippen molar-refractivity contribution >= 4 is 41.6 Å². The molecule has 2 aliphatic rings. The molecule has 0 aliphatic carbocycles. The Morgan fingerprint density at radius 1 is 1.03 bits per heavy atom. The molecule has 0 spiro atoms. The summed E-state index contributed by atoms with van der Waals surface area (Å²) in [6.07, 6.45) is 1.67. The Labute approximate surface area is 181 Å². The number of amidine groups is 1. The van der Waals surface area contributed by atoms with Gasteiger partial charge in [-0.3, -0.25) is 4.79 Å². The summed E-state index contributed by atoms with van der Waals surface area (Å²) in [6, 6.07) is 16.3. The van der Waals surface area contributed by atoms with Crippen molar-refractivity contribution in [1.29, 1.82) is 0 Å². The van der Waals surface area contributed by atoms with Crippen molar-refractivity contribution in [2.75, 3.05) is 5.75 Å². The van der Waals surface area contributed by atoms with Gasteiger partial charge in [-0.05, 0) is 49.8 Å². The predicted octanol–water partition coefficient (Wildman–Crippen LogP) is 3.21. The SMILES string of the molecule is CC1(C)OB(c2cccc(-c3ccc(C=NN=C4NC(=O)CS4)cc3)c2)OC1(C)C. The molecule has 1 N–H and O–H groups in total. The third-order valence-electron chi connectivity index (χ3n) is 5.60. The van der Waals surface area contributed by atoms with Gasteiger partial charge in [0.05, 0.1) is 23.2 Å². The fraction of sp³-hybridized carbons (Fsp3) is 0.318. The molecular formula is C22H24BN3O3S. The maximum atomic E-state index is 11.1. The second-order valence-corrected chi connectivity index (χ2v) is 9.29. The second kappa shape index (κ2) is 8.02. The summed E-state index contributed by atoms with van der Waals surface area (Å²) in [5.74, 6) is 0.356. The Morgan fingerprint density at radius 2 is 1.73 bits per heavy atom. The van der Waals surface area contributed by atoms with Crippen molar-refractivity contribution < 1.29 is 14.1 Å². The van der Waals surface area contributed by atoms with Gasteiger partial charge in [0.1, 0.15) is 0 Å². The largest absolute Gasteiger partial charge is 0.494 e. The molecule has 154 valence electrons. The summed E-state index contributed by atoms with van der Waals surface area (Å²) >= 11 is 1.35. The number of hydrogen-bond acceptors (Lipinski definition) is 6. The van der Waals surface area contributed by atoms with Crippen LogP contribution < -0.4 is 10.8 Å². The zero-order valence-electron chi connectivity index (χ0n) is 17.5. The number of hydrogen-bond donors (Lipinski definition) is 1. The average Bonchev–Trinajstić information content (AvgIpc) is 3.22. The molecule has 0 radical (unpaired) electrons. The number of thioether (sulfide) groups is 1. The van der Waals surface area contributed by atoms with E-state index < -0.39 is 0 Å². The first kappa shape index (κ1) is 20.8.